The molecule has 0 aliphatic heterocycles. The van der Waals surface area contributed by atoms with Gasteiger partial charge in [-0.05, 0) is 47.2 Å². The van der Waals surface area contributed by atoms with Crippen LogP contribution >= 0.6 is 23.2 Å². The lowest BCUT2D eigenvalue weighted by atomic mass is 9.95. The summed E-state index contributed by atoms with van der Waals surface area (Å²) in [6.45, 7) is 3.65. The minimum absolute atomic E-state index is 0.0266. The summed E-state index contributed by atoms with van der Waals surface area (Å²) in [6.07, 6.45) is 1.12. The summed E-state index contributed by atoms with van der Waals surface area (Å²) in [5.41, 5.74) is 2.20. The number of nitrogens with zero attached hydrogens (tertiary/aromatic N) is 1. The minimum Gasteiger partial charge on any atom is -0.508 e. The van der Waals surface area contributed by atoms with Crippen LogP contribution in [0, 0.1) is 5.82 Å². The Balaban J connectivity index is 2.28. The smallest absolute Gasteiger partial charge is 0.222 e. The average molecular weight is 412 g/mol. The van der Waals surface area contributed by atoms with E-state index in [2.05, 4.69) is 0 Å². The van der Waals surface area contributed by atoms with Gasteiger partial charge in [0.25, 0.3) is 0 Å². The molecule has 2 rings (SSSR count). The molecular weight excluding hydrogens is 388 g/mol. The van der Waals surface area contributed by atoms with Gasteiger partial charge in [-0.15, -0.1) is 0 Å². The molecule has 0 heterocycles. The molecular formula is C21H24Cl2FNO2. The van der Waals surface area contributed by atoms with Gasteiger partial charge in [0.1, 0.15) is 11.6 Å². The molecule has 0 spiro atoms. The first-order valence-electron chi connectivity index (χ1n) is 8.79. The fraction of sp³-hybridized carbons (Fsp3) is 0.381. The van der Waals surface area contributed by atoms with E-state index in [9.17, 15) is 14.3 Å². The minimum atomic E-state index is -0.433. The highest BCUT2D eigenvalue weighted by Crippen LogP contribution is 2.34. The SMILES string of the molecule is CC(C)c1c(O)ccc(Cc2c(Cl)cc(CCC(=O)N(C)C)cc2Cl)c1F. The van der Waals surface area contributed by atoms with Gasteiger partial charge >= 0.3 is 0 Å². The van der Waals surface area contributed by atoms with Crippen LogP contribution in [0.15, 0.2) is 24.3 Å². The average Bonchev–Trinajstić information content (AvgIpc) is 2.57. The number of rotatable bonds is 6. The molecule has 146 valence electrons. The Labute approximate surface area is 169 Å². The standard InChI is InChI=1S/C21H24Cl2FNO2/c1-12(2)20-18(26)7-6-14(21(20)24)11-15-16(22)9-13(10-17(15)23)5-8-19(27)25(3)4/h6-7,9-10,12,26H,5,8,11H2,1-4H3. The summed E-state index contributed by atoms with van der Waals surface area (Å²) in [5, 5.41) is 10.8. The molecule has 1 N–H and O–H groups in total. The van der Waals surface area contributed by atoms with Gasteiger partial charge in [-0.1, -0.05) is 43.1 Å². The molecule has 1 amide bonds. The van der Waals surface area contributed by atoms with Crippen molar-refractivity contribution in [2.75, 3.05) is 14.1 Å². The summed E-state index contributed by atoms with van der Waals surface area (Å²) in [6, 6.07) is 6.59. The van der Waals surface area contributed by atoms with E-state index >= 15 is 0 Å². The van der Waals surface area contributed by atoms with Crippen molar-refractivity contribution in [1.29, 1.82) is 0 Å². The molecule has 2 aromatic rings. The number of benzene rings is 2. The van der Waals surface area contributed by atoms with Gasteiger partial charge in [0.2, 0.25) is 5.91 Å². The Kier molecular flexibility index (Phi) is 7.12. The highest BCUT2D eigenvalue weighted by atomic mass is 35.5. The lowest BCUT2D eigenvalue weighted by Crippen LogP contribution is -2.21. The Morgan fingerprint density at radius 1 is 1.19 bits per heavy atom. The van der Waals surface area contributed by atoms with E-state index in [0.717, 1.165) is 5.56 Å². The maximum absolute atomic E-state index is 14.8. The zero-order valence-electron chi connectivity index (χ0n) is 15.9. The summed E-state index contributed by atoms with van der Waals surface area (Å²) in [7, 11) is 3.42. The molecule has 6 heteroatoms. The number of carbonyl (C=O) groups excluding carboxylic acids is 1. The van der Waals surface area contributed by atoms with Crippen LogP contribution in [0.5, 0.6) is 5.75 Å². The van der Waals surface area contributed by atoms with Crippen molar-refractivity contribution in [2.45, 2.75) is 39.0 Å². The van der Waals surface area contributed by atoms with Crippen molar-refractivity contribution >= 4 is 29.1 Å². The number of carbonyl (C=O) groups is 1. The Morgan fingerprint density at radius 2 is 1.78 bits per heavy atom. The van der Waals surface area contributed by atoms with E-state index < -0.39 is 5.82 Å². The molecule has 0 radical (unpaired) electrons. The van der Waals surface area contributed by atoms with Crippen molar-refractivity contribution in [2.24, 2.45) is 0 Å². The van der Waals surface area contributed by atoms with Gasteiger partial charge in [0, 0.05) is 42.5 Å². The van der Waals surface area contributed by atoms with Crippen LogP contribution < -0.4 is 0 Å². The van der Waals surface area contributed by atoms with Gasteiger partial charge in [-0.2, -0.15) is 0 Å². The number of aryl methyl sites for hydroxylation is 1. The molecule has 0 saturated carbocycles. The van der Waals surface area contributed by atoms with Crippen molar-refractivity contribution in [3.05, 3.63) is 62.4 Å². The monoisotopic (exact) mass is 411 g/mol. The molecule has 0 saturated heterocycles. The highest BCUT2D eigenvalue weighted by Gasteiger charge is 2.18. The quantitative estimate of drug-likeness (QED) is 0.674. The van der Waals surface area contributed by atoms with E-state index in [0.29, 0.717) is 39.6 Å². The highest BCUT2D eigenvalue weighted by molar-refractivity contribution is 6.36. The van der Waals surface area contributed by atoms with Gasteiger partial charge < -0.3 is 10.0 Å². The van der Waals surface area contributed by atoms with Gasteiger partial charge in [0.15, 0.2) is 0 Å². The number of halogens is 3. The van der Waals surface area contributed by atoms with Gasteiger partial charge in [-0.25, -0.2) is 4.39 Å². The molecule has 0 bridgehead atoms. The number of hydrogen-bond donors (Lipinski definition) is 1. The number of amides is 1. The summed E-state index contributed by atoms with van der Waals surface area (Å²) in [4.78, 5) is 13.3. The molecule has 0 aliphatic carbocycles. The van der Waals surface area contributed by atoms with Crippen LogP contribution in [0.1, 0.15) is 48.4 Å². The fourth-order valence-corrected chi connectivity index (χ4v) is 3.61. The van der Waals surface area contributed by atoms with Gasteiger partial charge in [0.05, 0.1) is 0 Å². The first-order chi connectivity index (χ1) is 12.6. The number of phenolic OH excluding ortho intramolecular Hbond substituents is 1. The van der Waals surface area contributed by atoms with Gasteiger partial charge in [-0.3, -0.25) is 4.79 Å². The lowest BCUT2D eigenvalue weighted by Gasteiger charge is -2.15. The third-order valence-electron chi connectivity index (χ3n) is 4.51. The zero-order valence-corrected chi connectivity index (χ0v) is 17.5. The van der Waals surface area contributed by atoms with E-state index in [4.69, 9.17) is 23.2 Å². The predicted octanol–water partition coefficient (Wildman–Crippen LogP) is 5.57. The first kappa shape index (κ1) is 21.5. The normalized spacial score (nSPS) is 11.1. The molecule has 0 aromatic heterocycles. The predicted molar refractivity (Wildman–Crippen MR) is 108 cm³/mol. The second-order valence-electron chi connectivity index (χ2n) is 7.13. The Morgan fingerprint density at radius 3 is 2.30 bits per heavy atom. The lowest BCUT2D eigenvalue weighted by molar-refractivity contribution is -0.128. The third kappa shape index (κ3) is 5.14. The maximum atomic E-state index is 14.8. The van der Waals surface area contributed by atoms with E-state index in [1.807, 2.05) is 13.8 Å². The fourth-order valence-electron chi connectivity index (χ4n) is 2.95. The molecule has 0 atom stereocenters. The summed E-state index contributed by atoms with van der Waals surface area (Å²) < 4.78 is 14.8. The van der Waals surface area contributed by atoms with Crippen molar-refractivity contribution < 1.29 is 14.3 Å². The van der Waals surface area contributed by atoms with Crippen LogP contribution in [-0.2, 0) is 17.6 Å². The zero-order chi connectivity index (χ0) is 20.3. The molecule has 27 heavy (non-hydrogen) atoms. The Hall–Kier alpha value is -1.78. The molecule has 0 fully saturated rings. The first-order valence-corrected chi connectivity index (χ1v) is 9.54. The summed E-state index contributed by atoms with van der Waals surface area (Å²) >= 11 is 12.8. The molecule has 0 unspecified atom stereocenters. The summed E-state index contributed by atoms with van der Waals surface area (Å²) in [5.74, 6) is -0.603. The van der Waals surface area contributed by atoms with E-state index in [-0.39, 0.29) is 24.0 Å². The number of hydrogen-bond acceptors (Lipinski definition) is 2. The second-order valence-corrected chi connectivity index (χ2v) is 7.94. The maximum Gasteiger partial charge on any atom is 0.222 e. The largest absolute Gasteiger partial charge is 0.508 e. The molecule has 3 nitrogen and oxygen atoms in total. The molecule has 0 aliphatic rings. The van der Waals surface area contributed by atoms with Crippen molar-refractivity contribution in [3.8, 4) is 5.75 Å². The van der Waals surface area contributed by atoms with E-state index in [1.54, 1.807) is 32.3 Å². The number of aromatic hydroxyl groups is 1. The van der Waals surface area contributed by atoms with Crippen molar-refractivity contribution in [3.63, 3.8) is 0 Å². The van der Waals surface area contributed by atoms with Crippen LogP contribution in [0.25, 0.3) is 0 Å². The third-order valence-corrected chi connectivity index (χ3v) is 5.18. The van der Waals surface area contributed by atoms with Crippen LogP contribution in [0.3, 0.4) is 0 Å². The topological polar surface area (TPSA) is 40.5 Å². The Bertz CT molecular complexity index is 827. The second kappa shape index (κ2) is 8.94. The van der Waals surface area contributed by atoms with Crippen molar-refractivity contribution in [1.82, 2.24) is 4.90 Å². The molecule has 2 aromatic carbocycles. The van der Waals surface area contributed by atoms with Crippen LogP contribution in [-0.4, -0.2) is 30.0 Å². The van der Waals surface area contributed by atoms with E-state index in [1.165, 1.54) is 11.0 Å². The van der Waals surface area contributed by atoms with Crippen LogP contribution in [0.2, 0.25) is 10.0 Å². The number of phenols is 1. The van der Waals surface area contributed by atoms with Crippen LogP contribution in [0.4, 0.5) is 4.39 Å².